The first-order valence-corrected chi connectivity index (χ1v) is 7.83. The third-order valence-electron chi connectivity index (χ3n) is 4.02. The van der Waals surface area contributed by atoms with Crippen molar-refractivity contribution in [1.29, 1.82) is 0 Å². The Hall–Kier alpha value is -2.14. The highest BCUT2D eigenvalue weighted by atomic mass is 35.5. The van der Waals surface area contributed by atoms with E-state index in [-0.39, 0.29) is 0 Å². The van der Waals surface area contributed by atoms with Gasteiger partial charge in [-0.15, -0.1) is 0 Å². The number of aromatic nitrogens is 4. The van der Waals surface area contributed by atoms with Gasteiger partial charge in [0.25, 0.3) is 0 Å². The van der Waals surface area contributed by atoms with Gasteiger partial charge in [-0.2, -0.15) is 0 Å². The molecule has 2 aromatic heterocycles. The predicted octanol–water partition coefficient (Wildman–Crippen LogP) is 3.87. The lowest BCUT2D eigenvalue weighted by Gasteiger charge is -2.13. The van der Waals surface area contributed by atoms with Gasteiger partial charge in [0.15, 0.2) is 17.0 Å². The summed E-state index contributed by atoms with van der Waals surface area (Å²) in [5.74, 6) is 1.80. The Morgan fingerprint density at radius 2 is 2.14 bits per heavy atom. The molecule has 3 heterocycles. The molecule has 5 nitrogen and oxygen atoms in total. The summed E-state index contributed by atoms with van der Waals surface area (Å²) in [5, 5.41) is 3.97. The van der Waals surface area contributed by atoms with Crippen LogP contribution < -0.4 is 5.32 Å². The number of benzene rings is 1. The number of hydrogen-bond acceptors (Lipinski definition) is 4. The second-order valence-electron chi connectivity index (χ2n) is 5.64. The fourth-order valence-corrected chi connectivity index (χ4v) is 3.18. The fraction of sp³-hybridized carbons (Fsp3) is 0.312. The van der Waals surface area contributed by atoms with Crippen LogP contribution in [0.5, 0.6) is 0 Å². The smallest absolute Gasteiger partial charge is 0.165 e. The van der Waals surface area contributed by atoms with E-state index in [2.05, 4.69) is 19.9 Å². The van der Waals surface area contributed by atoms with Crippen LogP contribution >= 0.6 is 11.6 Å². The van der Waals surface area contributed by atoms with Crippen LogP contribution in [0, 0.1) is 6.92 Å². The highest BCUT2D eigenvalue weighted by molar-refractivity contribution is 6.33. The Labute approximate surface area is 133 Å². The molecule has 1 aliphatic rings. The zero-order chi connectivity index (χ0) is 15.1. The van der Waals surface area contributed by atoms with Crippen molar-refractivity contribution in [3.05, 3.63) is 40.9 Å². The van der Waals surface area contributed by atoms with Gasteiger partial charge in [0, 0.05) is 13.0 Å². The molecule has 0 fully saturated rings. The number of hydrogen-bond donors (Lipinski definition) is 1. The first-order chi connectivity index (χ1) is 10.7. The third-order valence-corrected chi connectivity index (χ3v) is 4.33. The number of rotatable bonds is 2. The van der Waals surface area contributed by atoms with Gasteiger partial charge in [0.05, 0.1) is 10.7 Å². The summed E-state index contributed by atoms with van der Waals surface area (Å²) in [6.45, 7) is 3.00. The standard InChI is InChI=1S/C16H16ClN5/c1-10-5-6-12(11(17)8-10)20-15-14-16(19-9-18-15)22-7-3-2-4-13(22)21-14/h5-6,8-9H,2-4,7H2,1H3,(H,18,19,20). The number of anilines is 2. The average molecular weight is 314 g/mol. The maximum Gasteiger partial charge on any atom is 0.165 e. The van der Waals surface area contributed by atoms with Crippen LogP contribution in [0.1, 0.15) is 24.2 Å². The van der Waals surface area contributed by atoms with Crippen LogP contribution in [0.2, 0.25) is 5.02 Å². The maximum absolute atomic E-state index is 6.30. The van der Waals surface area contributed by atoms with Crippen LogP contribution in [-0.4, -0.2) is 19.5 Å². The van der Waals surface area contributed by atoms with E-state index in [1.165, 1.54) is 12.8 Å². The normalized spacial score (nSPS) is 14.1. The summed E-state index contributed by atoms with van der Waals surface area (Å²) in [6.07, 6.45) is 4.94. The van der Waals surface area contributed by atoms with E-state index in [0.29, 0.717) is 10.8 Å². The highest BCUT2D eigenvalue weighted by Gasteiger charge is 2.18. The van der Waals surface area contributed by atoms with Gasteiger partial charge in [-0.25, -0.2) is 15.0 Å². The first-order valence-electron chi connectivity index (χ1n) is 7.45. The lowest BCUT2D eigenvalue weighted by atomic mass is 10.2. The zero-order valence-corrected chi connectivity index (χ0v) is 13.1. The van der Waals surface area contributed by atoms with Crippen molar-refractivity contribution in [2.45, 2.75) is 32.7 Å². The Balaban J connectivity index is 1.80. The number of halogens is 1. The number of nitrogens with zero attached hydrogens (tertiary/aromatic N) is 4. The van der Waals surface area contributed by atoms with Crippen molar-refractivity contribution in [2.24, 2.45) is 0 Å². The van der Waals surface area contributed by atoms with Crippen LogP contribution in [0.15, 0.2) is 24.5 Å². The van der Waals surface area contributed by atoms with Crippen molar-refractivity contribution < 1.29 is 0 Å². The molecule has 0 saturated carbocycles. The minimum absolute atomic E-state index is 0.677. The summed E-state index contributed by atoms with van der Waals surface area (Å²) in [4.78, 5) is 13.5. The molecule has 112 valence electrons. The molecule has 6 heteroatoms. The first kappa shape index (κ1) is 13.5. The Kier molecular flexibility index (Phi) is 3.22. The van der Waals surface area contributed by atoms with E-state index in [1.54, 1.807) is 6.33 Å². The molecule has 0 atom stereocenters. The van der Waals surface area contributed by atoms with Gasteiger partial charge in [-0.05, 0) is 37.5 Å². The van der Waals surface area contributed by atoms with Gasteiger partial charge < -0.3 is 9.88 Å². The largest absolute Gasteiger partial charge is 0.337 e. The van der Waals surface area contributed by atoms with Gasteiger partial charge in [0.2, 0.25) is 0 Å². The number of nitrogens with one attached hydrogen (secondary N) is 1. The summed E-state index contributed by atoms with van der Waals surface area (Å²) in [6, 6.07) is 5.91. The fourth-order valence-electron chi connectivity index (χ4n) is 2.90. The van der Waals surface area contributed by atoms with Crippen molar-refractivity contribution in [2.75, 3.05) is 5.32 Å². The summed E-state index contributed by atoms with van der Waals surface area (Å²) in [7, 11) is 0. The third kappa shape index (κ3) is 2.22. The molecule has 3 aromatic rings. The van der Waals surface area contributed by atoms with Crippen LogP contribution in [-0.2, 0) is 13.0 Å². The van der Waals surface area contributed by atoms with Crippen molar-refractivity contribution in [1.82, 2.24) is 19.5 Å². The minimum Gasteiger partial charge on any atom is -0.337 e. The molecule has 1 aromatic carbocycles. The molecule has 4 rings (SSSR count). The lowest BCUT2D eigenvalue weighted by molar-refractivity contribution is 0.530. The Morgan fingerprint density at radius 3 is 3.00 bits per heavy atom. The maximum atomic E-state index is 6.30. The lowest BCUT2D eigenvalue weighted by Crippen LogP contribution is -2.10. The molecule has 0 radical (unpaired) electrons. The second kappa shape index (κ2) is 5.25. The molecule has 1 aliphatic heterocycles. The average Bonchev–Trinajstić information content (AvgIpc) is 2.90. The Morgan fingerprint density at radius 1 is 1.23 bits per heavy atom. The van der Waals surface area contributed by atoms with Crippen LogP contribution in [0.25, 0.3) is 11.2 Å². The quantitative estimate of drug-likeness (QED) is 0.780. The molecule has 0 saturated heterocycles. The molecule has 0 unspecified atom stereocenters. The molecule has 22 heavy (non-hydrogen) atoms. The molecular formula is C16H16ClN5. The molecule has 0 amide bonds. The second-order valence-corrected chi connectivity index (χ2v) is 6.05. The van der Waals surface area contributed by atoms with Gasteiger partial charge in [0.1, 0.15) is 12.2 Å². The molecule has 0 spiro atoms. The summed E-state index contributed by atoms with van der Waals surface area (Å²) < 4.78 is 2.20. The molecule has 0 aliphatic carbocycles. The molecule has 1 N–H and O–H groups in total. The Bertz CT molecular complexity index is 855. The van der Waals surface area contributed by atoms with Crippen LogP contribution in [0.3, 0.4) is 0 Å². The van der Waals surface area contributed by atoms with E-state index < -0.39 is 0 Å². The van der Waals surface area contributed by atoms with Gasteiger partial charge in [-0.1, -0.05) is 17.7 Å². The molecule has 0 bridgehead atoms. The van der Waals surface area contributed by atoms with E-state index in [0.717, 1.165) is 41.2 Å². The van der Waals surface area contributed by atoms with Crippen molar-refractivity contribution in [3.8, 4) is 0 Å². The van der Waals surface area contributed by atoms with E-state index >= 15 is 0 Å². The van der Waals surface area contributed by atoms with Crippen molar-refractivity contribution >= 4 is 34.3 Å². The van der Waals surface area contributed by atoms with E-state index in [9.17, 15) is 0 Å². The van der Waals surface area contributed by atoms with Crippen LogP contribution in [0.4, 0.5) is 11.5 Å². The SMILES string of the molecule is Cc1ccc(Nc2ncnc3c2nc2n3CCCC2)c(Cl)c1. The number of aryl methyl sites for hydroxylation is 3. The van der Waals surface area contributed by atoms with E-state index in [4.69, 9.17) is 16.6 Å². The number of imidazole rings is 1. The summed E-state index contributed by atoms with van der Waals surface area (Å²) in [5.41, 5.74) is 3.67. The molecular weight excluding hydrogens is 298 g/mol. The predicted molar refractivity (Wildman–Crippen MR) is 87.7 cm³/mol. The van der Waals surface area contributed by atoms with E-state index in [1.807, 2.05) is 25.1 Å². The zero-order valence-electron chi connectivity index (χ0n) is 12.3. The van der Waals surface area contributed by atoms with Gasteiger partial charge >= 0.3 is 0 Å². The monoisotopic (exact) mass is 313 g/mol. The topological polar surface area (TPSA) is 55.6 Å². The van der Waals surface area contributed by atoms with Gasteiger partial charge in [-0.3, -0.25) is 0 Å². The highest BCUT2D eigenvalue weighted by Crippen LogP contribution is 2.29. The number of fused-ring (bicyclic) bond motifs is 3. The minimum atomic E-state index is 0.677. The van der Waals surface area contributed by atoms with Crippen molar-refractivity contribution in [3.63, 3.8) is 0 Å². The summed E-state index contributed by atoms with van der Waals surface area (Å²) >= 11 is 6.30.